The molecule has 1 aromatic heterocycles. The number of nitrogens with zero attached hydrogens (tertiary/aromatic N) is 1. The quantitative estimate of drug-likeness (QED) is 0.757. The number of rotatable bonds is 2. The molecule has 0 unspecified atom stereocenters. The normalized spacial score (nSPS) is 10.9. The number of hydrogen-bond acceptors (Lipinski definition) is 3. The molecule has 0 aliphatic carbocycles. The lowest BCUT2D eigenvalue weighted by molar-refractivity contribution is 0.0697. The van der Waals surface area contributed by atoms with Gasteiger partial charge in [-0.2, -0.15) is 0 Å². The maximum Gasteiger partial charge on any atom is 0.335 e. The van der Waals surface area contributed by atoms with E-state index in [0.717, 1.165) is 0 Å². The lowest BCUT2D eigenvalue weighted by Crippen LogP contribution is -1.94. The number of carbonyl (C=O) groups is 1. The van der Waals surface area contributed by atoms with Gasteiger partial charge in [-0.3, -0.25) is 0 Å². The standard InChI is InChI=1S/C14H7Cl2NO3/c15-9-3-1-2-8(12(9)16)13-17-10-6-7(14(18)19)4-5-11(10)20-13/h1-6H,(H,18,19). The molecule has 0 aliphatic heterocycles. The fourth-order valence-electron chi connectivity index (χ4n) is 1.84. The summed E-state index contributed by atoms with van der Waals surface area (Å²) in [6, 6.07) is 9.60. The van der Waals surface area contributed by atoms with Gasteiger partial charge >= 0.3 is 5.97 Å². The Bertz CT molecular complexity index is 826. The summed E-state index contributed by atoms with van der Waals surface area (Å²) in [7, 11) is 0. The van der Waals surface area contributed by atoms with Gasteiger partial charge in [-0.15, -0.1) is 0 Å². The van der Waals surface area contributed by atoms with Crippen LogP contribution in [0.25, 0.3) is 22.6 Å². The van der Waals surface area contributed by atoms with Crippen molar-refractivity contribution in [2.75, 3.05) is 0 Å². The lowest BCUT2D eigenvalue weighted by atomic mass is 10.2. The van der Waals surface area contributed by atoms with Crippen LogP contribution in [0.15, 0.2) is 40.8 Å². The fourth-order valence-corrected chi connectivity index (χ4v) is 2.23. The van der Waals surface area contributed by atoms with E-state index < -0.39 is 5.97 Å². The zero-order chi connectivity index (χ0) is 14.3. The van der Waals surface area contributed by atoms with Gasteiger partial charge < -0.3 is 9.52 Å². The van der Waals surface area contributed by atoms with Crippen LogP contribution in [0.3, 0.4) is 0 Å². The van der Waals surface area contributed by atoms with Crippen LogP contribution in [-0.2, 0) is 0 Å². The predicted octanol–water partition coefficient (Wildman–Crippen LogP) is 4.50. The summed E-state index contributed by atoms with van der Waals surface area (Å²) in [5.74, 6) is -0.715. The van der Waals surface area contributed by atoms with Gasteiger partial charge in [-0.25, -0.2) is 9.78 Å². The molecule has 1 N–H and O–H groups in total. The summed E-state index contributed by atoms with van der Waals surface area (Å²) < 4.78 is 5.58. The molecule has 0 aliphatic rings. The van der Waals surface area contributed by atoms with E-state index in [-0.39, 0.29) is 5.56 Å². The first-order chi connectivity index (χ1) is 9.56. The second-order valence-corrected chi connectivity index (χ2v) is 4.89. The van der Waals surface area contributed by atoms with Gasteiger partial charge in [0.15, 0.2) is 5.58 Å². The molecule has 0 bridgehead atoms. The third-order valence-corrected chi connectivity index (χ3v) is 3.64. The first-order valence-electron chi connectivity index (χ1n) is 5.64. The molecule has 20 heavy (non-hydrogen) atoms. The van der Waals surface area contributed by atoms with E-state index >= 15 is 0 Å². The number of halogens is 2. The average molecular weight is 308 g/mol. The minimum atomic E-state index is -1.02. The van der Waals surface area contributed by atoms with Crippen molar-refractivity contribution in [2.24, 2.45) is 0 Å². The second kappa shape index (κ2) is 4.81. The molecule has 4 nitrogen and oxygen atoms in total. The fraction of sp³-hybridized carbons (Fsp3) is 0. The summed E-state index contributed by atoms with van der Waals surface area (Å²) in [5, 5.41) is 9.70. The number of carboxylic acids is 1. The Morgan fingerprint density at radius 2 is 2.00 bits per heavy atom. The van der Waals surface area contributed by atoms with E-state index in [1.807, 2.05) is 0 Å². The Morgan fingerprint density at radius 1 is 1.20 bits per heavy atom. The van der Waals surface area contributed by atoms with Gasteiger partial charge in [-0.05, 0) is 30.3 Å². The molecule has 2 aromatic carbocycles. The molecule has 0 amide bonds. The number of hydrogen-bond donors (Lipinski definition) is 1. The zero-order valence-corrected chi connectivity index (χ0v) is 11.4. The van der Waals surface area contributed by atoms with Crippen molar-refractivity contribution in [1.29, 1.82) is 0 Å². The molecule has 1 heterocycles. The van der Waals surface area contributed by atoms with Gasteiger partial charge in [0, 0.05) is 0 Å². The van der Waals surface area contributed by atoms with E-state index in [2.05, 4.69) is 4.98 Å². The molecule has 0 saturated carbocycles. The highest BCUT2D eigenvalue weighted by atomic mass is 35.5. The highest BCUT2D eigenvalue weighted by Crippen LogP contribution is 2.34. The molecule has 0 fully saturated rings. The van der Waals surface area contributed by atoms with Gasteiger partial charge in [-0.1, -0.05) is 29.3 Å². The Labute approximate surface area is 123 Å². The van der Waals surface area contributed by atoms with Crippen molar-refractivity contribution >= 4 is 40.3 Å². The molecular weight excluding hydrogens is 301 g/mol. The minimum absolute atomic E-state index is 0.148. The van der Waals surface area contributed by atoms with E-state index in [1.54, 1.807) is 24.3 Å². The van der Waals surface area contributed by atoms with Crippen LogP contribution in [-0.4, -0.2) is 16.1 Å². The second-order valence-electron chi connectivity index (χ2n) is 4.11. The number of oxazole rings is 1. The molecule has 0 spiro atoms. The Hall–Kier alpha value is -2.04. The van der Waals surface area contributed by atoms with Crippen molar-refractivity contribution in [3.05, 3.63) is 52.0 Å². The summed E-state index contributed by atoms with van der Waals surface area (Å²) in [5.41, 5.74) is 1.65. The van der Waals surface area contributed by atoms with Crippen molar-refractivity contribution < 1.29 is 14.3 Å². The lowest BCUT2D eigenvalue weighted by Gasteiger charge is -2.00. The van der Waals surface area contributed by atoms with Crippen LogP contribution >= 0.6 is 23.2 Å². The number of fused-ring (bicyclic) bond motifs is 1. The summed E-state index contributed by atoms with van der Waals surface area (Å²) in [6.45, 7) is 0. The molecule has 3 aromatic rings. The van der Waals surface area contributed by atoms with Crippen LogP contribution in [0.4, 0.5) is 0 Å². The molecule has 100 valence electrons. The number of aromatic nitrogens is 1. The zero-order valence-electron chi connectivity index (χ0n) is 9.93. The van der Waals surface area contributed by atoms with Crippen LogP contribution in [0.1, 0.15) is 10.4 Å². The van der Waals surface area contributed by atoms with Crippen LogP contribution in [0, 0.1) is 0 Å². The number of carboxylic acid groups (broad SMARTS) is 1. The highest BCUT2D eigenvalue weighted by Gasteiger charge is 2.14. The molecule has 0 saturated heterocycles. The topological polar surface area (TPSA) is 63.3 Å². The van der Waals surface area contributed by atoms with Gasteiger partial charge in [0.05, 0.1) is 21.2 Å². The monoisotopic (exact) mass is 307 g/mol. The minimum Gasteiger partial charge on any atom is -0.478 e. The summed E-state index contributed by atoms with van der Waals surface area (Å²) in [4.78, 5) is 15.2. The van der Waals surface area contributed by atoms with E-state index in [0.29, 0.717) is 32.6 Å². The Balaban J connectivity index is 2.18. The summed E-state index contributed by atoms with van der Waals surface area (Å²) >= 11 is 12.1. The molecule has 3 rings (SSSR count). The molecule has 0 atom stereocenters. The molecule has 0 radical (unpaired) electrons. The largest absolute Gasteiger partial charge is 0.478 e. The third kappa shape index (κ3) is 2.13. The van der Waals surface area contributed by atoms with E-state index in [1.165, 1.54) is 12.1 Å². The van der Waals surface area contributed by atoms with Gasteiger partial charge in [0.2, 0.25) is 5.89 Å². The summed E-state index contributed by atoms with van der Waals surface area (Å²) in [6.07, 6.45) is 0. The van der Waals surface area contributed by atoms with Crippen LogP contribution in [0.2, 0.25) is 10.0 Å². The van der Waals surface area contributed by atoms with E-state index in [4.69, 9.17) is 32.7 Å². The van der Waals surface area contributed by atoms with Crippen molar-refractivity contribution in [2.45, 2.75) is 0 Å². The van der Waals surface area contributed by atoms with Gasteiger partial charge in [0.1, 0.15) is 5.52 Å². The first kappa shape index (κ1) is 13.0. The predicted molar refractivity (Wildman–Crippen MR) is 76.4 cm³/mol. The van der Waals surface area contributed by atoms with Gasteiger partial charge in [0.25, 0.3) is 0 Å². The van der Waals surface area contributed by atoms with Crippen molar-refractivity contribution in [1.82, 2.24) is 4.98 Å². The van der Waals surface area contributed by atoms with E-state index in [9.17, 15) is 4.79 Å². The van der Waals surface area contributed by atoms with Crippen LogP contribution < -0.4 is 0 Å². The Kier molecular flexibility index (Phi) is 3.12. The number of benzene rings is 2. The number of aromatic carboxylic acids is 1. The maximum absolute atomic E-state index is 10.9. The Morgan fingerprint density at radius 3 is 2.75 bits per heavy atom. The average Bonchev–Trinajstić information content (AvgIpc) is 2.84. The smallest absolute Gasteiger partial charge is 0.335 e. The first-order valence-corrected chi connectivity index (χ1v) is 6.40. The molecule has 6 heteroatoms. The van der Waals surface area contributed by atoms with Crippen LogP contribution in [0.5, 0.6) is 0 Å². The third-order valence-electron chi connectivity index (χ3n) is 2.82. The maximum atomic E-state index is 10.9. The SMILES string of the molecule is O=C(O)c1ccc2oc(-c3cccc(Cl)c3Cl)nc2c1. The van der Waals surface area contributed by atoms with Crippen molar-refractivity contribution in [3.8, 4) is 11.5 Å². The highest BCUT2D eigenvalue weighted by molar-refractivity contribution is 6.43. The van der Waals surface area contributed by atoms with Crippen molar-refractivity contribution in [3.63, 3.8) is 0 Å². The molecular formula is C14H7Cl2NO3.